The number of carboxylic acids is 1. The number of rotatable bonds is 5. The van der Waals surface area contributed by atoms with Crippen molar-refractivity contribution < 1.29 is 15.0 Å². The number of benzene rings is 1. The summed E-state index contributed by atoms with van der Waals surface area (Å²) in [6, 6.07) is 4.19. The van der Waals surface area contributed by atoms with E-state index in [2.05, 4.69) is 25.7 Å². The van der Waals surface area contributed by atoms with Crippen LogP contribution in [-0.4, -0.2) is 58.2 Å². The molecule has 6 heteroatoms. The summed E-state index contributed by atoms with van der Waals surface area (Å²) in [5.74, 6) is -0.332. The van der Waals surface area contributed by atoms with Crippen molar-refractivity contribution in [2.45, 2.75) is 32.9 Å². The molecule has 23 heavy (non-hydrogen) atoms. The standard InChI is InChI=1S/C17H25ClN2O3/c1-11(2)9-19-6-7-20(10-12(19)3)16(17(22)23)13-4-5-15(21)14(18)8-13/h4-5,8,11-12,16,21H,6-7,9-10H2,1-3H3,(H,22,23). The Bertz CT molecular complexity index is 565. The fourth-order valence-corrected chi connectivity index (χ4v) is 3.39. The Labute approximate surface area is 142 Å². The van der Waals surface area contributed by atoms with Crippen LogP contribution in [0, 0.1) is 5.92 Å². The first kappa shape index (κ1) is 18.0. The largest absolute Gasteiger partial charge is 0.506 e. The number of nitrogens with zero attached hydrogens (tertiary/aromatic N) is 2. The Balaban J connectivity index is 2.16. The van der Waals surface area contributed by atoms with E-state index in [4.69, 9.17) is 11.6 Å². The fraction of sp³-hybridized carbons (Fsp3) is 0.588. The number of aliphatic carboxylic acids is 1. The number of halogens is 1. The fourth-order valence-electron chi connectivity index (χ4n) is 3.20. The minimum absolute atomic E-state index is 0.0327. The molecule has 2 atom stereocenters. The number of aromatic hydroxyl groups is 1. The Morgan fingerprint density at radius 3 is 2.61 bits per heavy atom. The van der Waals surface area contributed by atoms with Crippen molar-refractivity contribution in [3.8, 4) is 5.75 Å². The van der Waals surface area contributed by atoms with Crippen molar-refractivity contribution in [1.29, 1.82) is 0 Å². The minimum atomic E-state index is -0.892. The molecule has 1 aliphatic heterocycles. The highest BCUT2D eigenvalue weighted by Crippen LogP contribution is 2.30. The summed E-state index contributed by atoms with van der Waals surface area (Å²) in [6.45, 7) is 9.80. The molecular formula is C17H25ClN2O3. The lowest BCUT2D eigenvalue weighted by Gasteiger charge is -2.42. The van der Waals surface area contributed by atoms with Gasteiger partial charge in [0.2, 0.25) is 0 Å². The van der Waals surface area contributed by atoms with Gasteiger partial charge in [0.25, 0.3) is 0 Å². The van der Waals surface area contributed by atoms with E-state index in [1.165, 1.54) is 6.07 Å². The van der Waals surface area contributed by atoms with E-state index in [0.29, 0.717) is 30.6 Å². The predicted molar refractivity (Wildman–Crippen MR) is 90.9 cm³/mol. The molecule has 0 bridgehead atoms. The quantitative estimate of drug-likeness (QED) is 0.863. The maximum atomic E-state index is 11.8. The van der Waals surface area contributed by atoms with E-state index in [9.17, 15) is 15.0 Å². The average molecular weight is 341 g/mol. The van der Waals surface area contributed by atoms with Crippen LogP contribution in [0.2, 0.25) is 5.02 Å². The molecule has 1 aromatic rings. The van der Waals surface area contributed by atoms with E-state index in [0.717, 1.165) is 13.1 Å². The molecular weight excluding hydrogens is 316 g/mol. The number of phenols is 1. The molecule has 0 radical (unpaired) electrons. The van der Waals surface area contributed by atoms with Crippen molar-refractivity contribution >= 4 is 17.6 Å². The molecule has 0 spiro atoms. The zero-order valence-corrected chi connectivity index (χ0v) is 14.6. The molecule has 1 fully saturated rings. The second kappa shape index (κ2) is 7.51. The first-order valence-electron chi connectivity index (χ1n) is 7.99. The summed E-state index contributed by atoms with van der Waals surface area (Å²) < 4.78 is 0. The molecule has 1 aromatic carbocycles. The Kier molecular flexibility index (Phi) is 5.89. The van der Waals surface area contributed by atoms with Crippen LogP contribution in [-0.2, 0) is 4.79 Å². The van der Waals surface area contributed by atoms with Crippen LogP contribution < -0.4 is 0 Å². The molecule has 0 amide bonds. The number of carbonyl (C=O) groups is 1. The van der Waals surface area contributed by atoms with E-state index in [1.54, 1.807) is 12.1 Å². The number of carboxylic acid groups (broad SMARTS) is 1. The van der Waals surface area contributed by atoms with Crippen molar-refractivity contribution in [1.82, 2.24) is 9.80 Å². The van der Waals surface area contributed by atoms with Gasteiger partial charge in [0, 0.05) is 32.2 Å². The monoisotopic (exact) mass is 340 g/mol. The summed E-state index contributed by atoms with van der Waals surface area (Å²) in [4.78, 5) is 16.2. The van der Waals surface area contributed by atoms with E-state index >= 15 is 0 Å². The normalized spacial score (nSPS) is 21.5. The van der Waals surface area contributed by atoms with Crippen LogP contribution in [0.4, 0.5) is 0 Å². The molecule has 2 N–H and O–H groups in total. The highest BCUT2D eigenvalue weighted by molar-refractivity contribution is 6.32. The van der Waals surface area contributed by atoms with Crippen molar-refractivity contribution in [3.63, 3.8) is 0 Å². The predicted octanol–water partition coefficient (Wildman–Crippen LogP) is 2.83. The summed E-state index contributed by atoms with van der Waals surface area (Å²) in [5, 5.41) is 19.4. The van der Waals surface area contributed by atoms with Gasteiger partial charge in [-0.3, -0.25) is 14.6 Å². The third kappa shape index (κ3) is 4.37. The zero-order chi connectivity index (χ0) is 17.1. The van der Waals surface area contributed by atoms with Crippen LogP contribution in [0.3, 0.4) is 0 Å². The number of phenolic OH excluding ortho intramolecular Hbond substituents is 1. The molecule has 0 saturated carbocycles. The highest BCUT2D eigenvalue weighted by Gasteiger charge is 2.33. The van der Waals surface area contributed by atoms with E-state index in [1.807, 2.05) is 4.90 Å². The van der Waals surface area contributed by atoms with Crippen LogP contribution in [0.25, 0.3) is 0 Å². The molecule has 2 rings (SSSR count). The SMILES string of the molecule is CC(C)CN1CCN(C(C(=O)O)c2ccc(O)c(Cl)c2)CC1C. The lowest BCUT2D eigenvalue weighted by molar-refractivity contribution is -0.145. The second-order valence-corrected chi connectivity index (χ2v) is 7.09. The average Bonchev–Trinajstić information content (AvgIpc) is 2.45. The molecule has 1 heterocycles. The van der Waals surface area contributed by atoms with Crippen molar-refractivity contribution in [3.05, 3.63) is 28.8 Å². The third-order valence-corrected chi connectivity index (χ3v) is 4.59. The van der Waals surface area contributed by atoms with Crippen LogP contribution in [0.5, 0.6) is 5.75 Å². The lowest BCUT2D eigenvalue weighted by Crippen LogP contribution is -2.54. The molecule has 2 unspecified atom stereocenters. The van der Waals surface area contributed by atoms with Gasteiger partial charge in [0.05, 0.1) is 5.02 Å². The minimum Gasteiger partial charge on any atom is -0.506 e. The Morgan fingerprint density at radius 1 is 1.39 bits per heavy atom. The first-order chi connectivity index (χ1) is 10.8. The van der Waals surface area contributed by atoms with Gasteiger partial charge in [-0.25, -0.2) is 0 Å². The molecule has 1 aliphatic rings. The molecule has 5 nitrogen and oxygen atoms in total. The zero-order valence-electron chi connectivity index (χ0n) is 13.9. The smallest absolute Gasteiger partial charge is 0.325 e. The second-order valence-electron chi connectivity index (χ2n) is 6.68. The summed E-state index contributed by atoms with van der Waals surface area (Å²) >= 11 is 5.94. The van der Waals surface area contributed by atoms with Gasteiger partial charge in [-0.2, -0.15) is 0 Å². The van der Waals surface area contributed by atoms with Gasteiger partial charge in [-0.05, 0) is 30.5 Å². The topological polar surface area (TPSA) is 64.0 Å². The highest BCUT2D eigenvalue weighted by atomic mass is 35.5. The summed E-state index contributed by atoms with van der Waals surface area (Å²) in [6.07, 6.45) is 0. The summed E-state index contributed by atoms with van der Waals surface area (Å²) in [5.41, 5.74) is 0.602. The number of hydrogen-bond donors (Lipinski definition) is 2. The van der Waals surface area contributed by atoms with Gasteiger partial charge < -0.3 is 10.2 Å². The Morgan fingerprint density at radius 2 is 2.09 bits per heavy atom. The van der Waals surface area contributed by atoms with Crippen molar-refractivity contribution in [2.75, 3.05) is 26.2 Å². The van der Waals surface area contributed by atoms with E-state index in [-0.39, 0.29) is 10.8 Å². The van der Waals surface area contributed by atoms with Gasteiger partial charge in [0.15, 0.2) is 0 Å². The molecule has 1 saturated heterocycles. The van der Waals surface area contributed by atoms with Gasteiger partial charge in [0.1, 0.15) is 11.8 Å². The number of hydrogen-bond acceptors (Lipinski definition) is 4. The maximum absolute atomic E-state index is 11.8. The molecule has 128 valence electrons. The third-order valence-electron chi connectivity index (χ3n) is 4.28. The molecule has 0 aromatic heterocycles. The lowest BCUT2D eigenvalue weighted by atomic mass is 10.0. The van der Waals surface area contributed by atoms with Gasteiger partial charge in [-0.15, -0.1) is 0 Å². The Hall–Kier alpha value is -1.30. The summed E-state index contributed by atoms with van der Waals surface area (Å²) in [7, 11) is 0. The van der Waals surface area contributed by atoms with Crippen LogP contribution >= 0.6 is 11.6 Å². The van der Waals surface area contributed by atoms with Crippen molar-refractivity contribution in [2.24, 2.45) is 5.92 Å². The van der Waals surface area contributed by atoms with Gasteiger partial charge >= 0.3 is 5.97 Å². The van der Waals surface area contributed by atoms with Gasteiger partial charge in [-0.1, -0.05) is 31.5 Å². The maximum Gasteiger partial charge on any atom is 0.325 e. The number of piperazine rings is 1. The first-order valence-corrected chi connectivity index (χ1v) is 8.36. The van der Waals surface area contributed by atoms with E-state index < -0.39 is 12.0 Å². The molecule has 0 aliphatic carbocycles. The van der Waals surface area contributed by atoms with Crippen LogP contribution in [0.15, 0.2) is 18.2 Å². The van der Waals surface area contributed by atoms with Crippen LogP contribution in [0.1, 0.15) is 32.4 Å².